The summed E-state index contributed by atoms with van der Waals surface area (Å²) in [5.74, 6) is -0.524. The molecular formula is C23H19NO5. The van der Waals surface area contributed by atoms with E-state index in [4.69, 9.17) is 9.47 Å². The van der Waals surface area contributed by atoms with E-state index in [1.807, 2.05) is 0 Å². The van der Waals surface area contributed by atoms with Crippen molar-refractivity contribution < 1.29 is 23.9 Å². The molecule has 1 N–H and O–H groups in total. The number of ketones is 2. The maximum absolute atomic E-state index is 12.5. The predicted molar refractivity (Wildman–Crippen MR) is 109 cm³/mol. The van der Waals surface area contributed by atoms with E-state index in [0.29, 0.717) is 28.3 Å². The third-order valence-electron chi connectivity index (χ3n) is 4.29. The van der Waals surface area contributed by atoms with E-state index in [0.717, 1.165) is 0 Å². The fourth-order valence-electron chi connectivity index (χ4n) is 2.74. The molecular weight excluding hydrogens is 370 g/mol. The van der Waals surface area contributed by atoms with Gasteiger partial charge in [0.05, 0.1) is 14.2 Å². The molecule has 0 atom stereocenters. The Hall–Kier alpha value is -3.93. The molecule has 0 spiro atoms. The monoisotopic (exact) mass is 389 g/mol. The van der Waals surface area contributed by atoms with Crippen molar-refractivity contribution in [3.8, 4) is 11.5 Å². The van der Waals surface area contributed by atoms with Crippen molar-refractivity contribution in [3.05, 3.63) is 89.5 Å². The highest BCUT2D eigenvalue weighted by Crippen LogP contribution is 2.29. The molecule has 0 aromatic heterocycles. The molecule has 29 heavy (non-hydrogen) atoms. The minimum atomic E-state index is -0.622. The van der Waals surface area contributed by atoms with Gasteiger partial charge >= 0.3 is 0 Å². The van der Waals surface area contributed by atoms with E-state index in [1.54, 1.807) is 48.5 Å². The van der Waals surface area contributed by atoms with Gasteiger partial charge in [0, 0.05) is 28.4 Å². The predicted octanol–water partition coefficient (Wildman–Crippen LogP) is 4.02. The van der Waals surface area contributed by atoms with Crippen molar-refractivity contribution in [2.24, 2.45) is 0 Å². The van der Waals surface area contributed by atoms with Crippen LogP contribution in [0.1, 0.15) is 31.1 Å². The molecule has 1 amide bonds. The van der Waals surface area contributed by atoms with Crippen LogP contribution in [0.5, 0.6) is 11.5 Å². The summed E-state index contributed by atoms with van der Waals surface area (Å²) in [5.41, 5.74) is 1.44. The molecule has 146 valence electrons. The number of anilines is 1. The quantitative estimate of drug-likeness (QED) is 0.487. The standard InChI is InChI=1S/C23H19NO5/c1-28-19-13-12-18(14-20(19)29-2)24-23(27)17-10-8-16(9-11-17)22(26)21(25)15-6-4-3-5-7-15/h3-14H,1-2H3,(H,24,27). The lowest BCUT2D eigenvalue weighted by atomic mass is 10.0. The van der Waals surface area contributed by atoms with Crippen LogP contribution in [0.2, 0.25) is 0 Å². The second-order valence-corrected chi connectivity index (χ2v) is 6.13. The number of ether oxygens (including phenoxy) is 2. The third kappa shape index (κ3) is 4.50. The third-order valence-corrected chi connectivity index (χ3v) is 4.29. The lowest BCUT2D eigenvalue weighted by molar-refractivity contribution is 0.0817. The van der Waals surface area contributed by atoms with Gasteiger partial charge in [0.1, 0.15) is 0 Å². The number of carbonyl (C=O) groups is 3. The summed E-state index contributed by atoms with van der Waals surface area (Å²) in [6.07, 6.45) is 0. The van der Waals surface area contributed by atoms with Gasteiger partial charge in [0.25, 0.3) is 5.91 Å². The normalized spacial score (nSPS) is 10.1. The second kappa shape index (κ2) is 8.84. The Morgan fingerprint density at radius 3 is 1.79 bits per heavy atom. The minimum Gasteiger partial charge on any atom is -0.493 e. The molecule has 6 heteroatoms. The van der Waals surface area contributed by atoms with E-state index >= 15 is 0 Å². The zero-order chi connectivity index (χ0) is 20.8. The van der Waals surface area contributed by atoms with Crippen LogP contribution in [0.15, 0.2) is 72.8 Å². The Bertz CT molecular complexity index is 1040. The van der Waals surface area contributed by atoms with E-state index in [2.05, 4.69) is 5.32 Å². The van der Waals surface area contributed by atoms with E-state index < -0.39 is 11.6 Å². The fourth-order valence-corrected chi connectivity index (χ4v) is 2.74. The number of Topliss-reactive ketones (excluding diaryl/α,β-unsaturated/α-hetero) is 2. The molecule has 0 heterocycles. The summed E-state index contributed by atoms with van der Waals surface area (Å²) in [7, 11) is 3.04. The van der Waals surface area contributed by atoms with Crippen LogP contribution in [-0.4, -0.2) is 31.7 Å². The van der Waals surface area contributed by atoms with Gasteiger partial charge in [0.2, 0.25) is 11.6 Å². The molecule has 0 aliphatic heterocycles. The number of hydrogen-bond acceptors (Lipinski definition) is 5. The van der Waals surface area contributed by atoms with Crippen molar-refractivity contribution in [1.29, 1.82) is 0 Å². The minimum absolute atomic E-state index is 0.224. The average molecular weight is 389 g/mol. The molecule has 0 radical (unpaired) electrons. The number of benzene rings is 3. The van der Waals surface area contributed by atoms with E-state index in [-0.39, 0.29) is 11.5 Å². The Kier molecular flexibility index (Phi) is 6.04. The summed E-state index contributed by atoms with van der Waals surface area (Å²) >= 11 is 0. The first-order valence-corrected chi connectivity index (χ1v) is 8.81. The maximum atomic E-state index is 12.5. The Morgan fingerprint density at radius 1 is 0.655 bits per heavy atom. The number of rotatable bonds is 7. The van der Waals surface area contributed by atoms with Crippen LogP contribution in [0.25, 0.3) is 0 Å². The lowest BCUT2D eigenvalue weighted by Crippen LogP contribution is -2.15. The van der Waals surface area contributed by atoms with Gasteiger partial charge in [-0.15, -0.1) is 0 Å². The Labute approximate surface area is 168 Å². The van der Waals surface area contributed by atoms with E-state index in [1.165, 1.54) is 38.5 Å². The van der Waals surface area contributed by atoms with Gasteiger partial charge in [-0.25, -0.2) is 0 Å². The molecule has 3 aromatic rings. The van der Waals surface area contributed by atoms with Crippen LogP contribution in [0.3, 0.4) is 0 Å². The Balaban J connectivity index is 1.72. The van der Waals surface area contributed by atoms with Gasteiger partial charge in [-0.1, -0.05) is 42.5 Å². The molecule has 0 fully saturated rings. The van der Waals surface area contributed by atoms with Gasteiger partial charge in [-0.05, 0) is 24.3 Å². The molecule has 3 rings (SSSR count). The van der Waals surface area contributed by atoms with Gasteiger partial charge in [-0.3, -0.25) is 14.4 Å². The maximum Gasteiger partial charge on any atom is 0.255 e. The molecule has 6 nitrogen and oxygen atoms in total. The van der Waals surface area contributed by atoms with Crippen molar-refractivity contribution in [2.45, 2.75) is 0 Å². The highest BCUT2D eigenvalue weighted by Gasteiger charge is 2.18. The summed E-state index contributed by atoms with van der Waals surface area (Å²) in [6, 6.07) is 19.3. The largest absolute Gasteiger partial charge is 0.493 e. The number of hydrogen-bond donors (Lipinski definition) is 1. The molecule has 0 aliphatic carbocycles. The molecule has 3 aromatic carbocycles. The molecule has 0 saturated carbocycles. The summed E-state index contributed by atoms with van der Waals surface area (Å²) < 4.78 is 10.4. The lowest BCUT2D eigenvalue weighted by Gasteiger charge is -2.10. The topological polar surface area (TPSA) is 81.7 Å². The van der Waals surface area contributed by atoms with E-state index in [9.17, 15) is 14.4 Å². The number of amides is 1. The first-order valence-electron chi connectivity index (χ1n) is 8.81. The molecule has 0 aliphatic rings. The summed E-state index contributed by atoms with van der Waals surface area (Å²) in [4.78, 5) is 37.1. The molecule has 0 saturated heterocycles. The van der Waals surface area contributed by atoms with Crippen LogP contribution in [-0.2, 0) is 0 Å². The van der Waals surface area contributed by atoms with Gasteiger partial charge in [0.15, 0.2) is 11.5 Å². The summed E-state index contributed by atoms with van der Waals surface area (Å²) in [6.45, 7) is 0. The number of carbonyl (C=O) groups excluding carboxylic acids is 3. The zero-order valence-corrected chi connectivity index (χ0v) is 16.0. The fraction of sp³-hybridized carbons (Fsp3) is 0.0870. The van der Waals surface area contributed by atoms with Crippen LogP contribution in [0.4, 0.5) is 5.69 Å². The van der Waals surface area contributed by atoms with Crippen molar-refractivity contribution >= 4 is 23.2 Å². The molecule has 0 bridgehead atoms. The Morgan fingerprint density at radius 2 is 1.21 bits per heavy atom. The SMILES string of the molecule is COc1ccc(NC(=O)c2ccc(C(=O)C(=O)c3ccccc3)cc2)cc1OC. The van der Waals surface area contributed by atoms with Crippen molar-refractivity contribution in [2.75, 3.05) is 19.5 Å². The van der Waals surface area contributed by atoms with Crippen molar-refractivity contribution in [1.82, 2.24) is 0 Å². The first kappa shape index (κ1) is 19.8. The second-order valence-electron chi connectivity index (χ2n) is 6.13. The van der Waals surface area contributed by atoms with Crippen LogP contribution in [0, 0.1) is 0 Å². The van der Waals surface area contributed by atoms with Gasteiger partial charge < -0.3 is 14.8 Å². The highest BCUT2D eigenvalue weighted by molar-refractivity contribution is 6.49. The zero-order valence-electron chi connectivity index (χ0n) is 16.0. The number of nitrogens with one attached hydrogen (secondary N) is 1. The van der Waals surface area contributed by atoms with Gasteiger partial charge in [-0.2, -0.15) is 0 Å². The smallest absolute Gasteiger partial charge is 0.255 e. The average Bonchev–Trinajstić information content (AvgIpc) is 2.78. The van der Waals surface area contributed by atoms with Crippen LogP contribution >= 0.6 is 0 Å². The number of methoxy groups -OCH3 is 2. The van der Waals surface area contributed by atoms with Crippen molar-refractivity contribution in [3.63, 3.8) is 0 Å². The summed E-state index contributed by atoms with van der Waals surface area (Å²) in [5, 5.41) is 2.76. The molecule has 0 unspecified atom stereocenters. The first-order chi connectivity index (χ1) is 14.0. The van der Waals surface area contributed by atoms with Crippen LogP contribution < -0.4 is 14.8 Å². The highest BCUT2D eigenvalue weighted by atomic mass is 16.5.